The fraction of sp³-hybridized carbons (Fsp3) is 0.174. The lowest BCUT2D eigenvalue weighted by molar-refractivity contribution is 0.103. The third-order valence-corrected chi connectivity index (χ3v) is 5.01. The van der Waals surface area contributed by atoms with Gasteiger partial charge in [0.2, 0.25) is 5.43 Å². The zero-order valence-electron chi connectivity index (χ0n) is 16.0. The monoisotopic (exact) mass is 372 g/mol. The Morgan fingerprint density at radius 3 is 2.54 bits per heavy atom. The molecule has 140 valence electrons. The van der Waals surface area contributed by atoms with Crippen molar-refractivity contribution in [2.75, 3.05) is 0 Å². The van der Waals surface area contributed by atoms with Crippen molar-refractivity contribution in [1.82, 2.24) is 9.72 Å². The minimum Gasteiger partial charge on any atom is -0.361 e. The van der Waals surface area contributed by atoms with Crippen molar-refractivity contribution in [2.24, 2.45) is 0 Å². The zero-order valence-corrected chi connectivity index (χ0v) is 16.0. The van der Waals surface area contributed by atoms with Gasteiger partial charge >= 0.3 is 0 Å². The molecule has 5 nitrogen and oxygen atoms in total. The van der Waals surface area contributed by atoms with E-state index in [4.69, 9.17) is 4.52 Å². The van der Waals surface area contributed by atoms with E-state index in [1.165, 1.54) is 0 Å². The van der Waals surface area contributed by atoms with Gasteiger partial charge in [0.05, 0.1) is 17.6 Å². The minimum atomic E-state index is -0.274. The summed E-state index contributed by atoms with van der Waals surface area (Å²) in [5.41, 5.74) is 4.02. The number of aromatic nitrogens is 2. The predicted molar refractivity (Wildman–Crippen MR) is 108 cm³/mol. The third-order valence-electron chi connectivity index (χ3n) is 5.01. The van der Waals surface area contributed by atoms with Gasteiger partial charge in [-0.25, -0.2) is 0 Å². The summed E-state index contributed by atoms with van der Waals surface area (Å²) in [6.07, 6.45) is 1.63. The molecule has 4 aromatic rings. The lowest BCUT2D eigenvalue weighted by Crippen LogP contribution is -2.20. The van der Waals surface area contributed by atoms with Gasteiger partial charge in [-0.05, 0) is 50.1 Å². The normalized spacial score (nSPS) is 11.1. The highest BCUT2D eigenvalue weighted by Crippen LogP contribution is 2.18. The fourth-order valence-electron chi connectivity index (χ4n) is 3.34. The molecule has 28 heavy (non-hydrogen) atoms. The molecule has 4 rings (SSSR count). The molecule has 0 saturated carbocycles. The van der Waals surface area contributed by atoms with Gasteiger partial charge in [-0.1, -0.05) is 29.4 Å². The van der Waals surface area contributed by atoms with Crippen LogP contribution in [0.2, 0.25) is 0 Å². The molecule has 0 aliphatic carbocycles. The molecule has 2 aromatic carbocycles. The number of benzene rings is 2. The first-order valence-corrected chi connectivity index (χ1v) is 9.10. The number of para-hydroxylation sites is 1. The highest BCUT2D eigenvalue weighted by atomic mass is 16.5. The van der Waals surface area contributed by atoms with Gasteiger partial charge in [0.1, 0.15) is 11.5 Å². The summed E-state index contributed by atoms with van der Waals surface area (Å²) in [6, 6.07) is 14.6. The van der Waals surface area contributed by atoms with Crippen LogP contribution in [0.1, 0.15) is 38.5 Å². The summed E-state index contributed by atoms with van der Waals surface area (Å²) in [7, 11) is 0. The third kappa shape index (κ3) is 3.16. The number of hydrogen-bond acceptors (Lipinski definition) is 4. The van der Waals surface area contributed by atoms with Crippen LogP contribution in [0.25, 0.3) is 10.9 Å². The van der Waals surface area contributed by atoms with Crippen LogP contribution < -0.4 is 5.43 Å². The highest BCUT2D eigenvalue weighted by molar-refractivity contribution is 6.10. The van der Waals surface area contributed by atoms with E-state index in [-0.39, 0.29) is 16.8 Å². The average molecular weight is 372 g/mol. The molecule has 0 N–H and O–H groups in total. The second-order valence-corrected chi connectivity index (χ2v) is 7.07. The summed E-state index contributed by atoms with van der Waals surface area (Å²) in [4.78, 5) is 26.2. The molecule has 0 aliphatic heterocycles. The second kappa shape index (κ2) is 6.93. The maximum atomic E-state index is 13.1. The van der Waals surface area contributed by atoms with E-state index in [0.717, 1.165) is 22.3 Å². The number of carbonyl (C=O) groups excluding carboxylic acids is 1. The standard InChI is InChI=1S/C23H20N2O3/c1-14-8-9-17(10-15(14)2)22(26)20-13-25(12-18-11-16(3)28-24-18)21-7-5-4-6-19(21)23(20)27/h4-11,13H,12H2,1-3H3. The van der Waals surface area contributed by atoms with Crippen LogP contribution in [-0.4, -0.2) is 15.5 Å². The van der Waals surface area contributed by atoms with E-state index >= 15 is 0 Å². The van der Waals surface area contributed by atoms with Crippen LogP contribution in [0.4, 0.5) is 0 Å². The molecule has 0 aliphatic rings. The first kappa shape index (κ1) is 17.9. The van der Waals surface area contributed by atoms with Gasteiger partial charge in [-0.15, -0.1) is 0 Å². The Morgan fingerprint density at radius 2 is 1.82 bits per heavy atom. The van der Waals surface area contributed by atoms with Gasteiger partial charge in [0.15, 0.2) is 5.78 Å². The SMILES string of the molecule is Cc1cc(Cn2cc(C(=O)c3ccc(C)c(C)c3)c(=O)c3ccccc32)no1. The first-order valence-electron chi connectivity index (χ1n) is 9.10. The number of ketones is 1. The highest BCUT2D eigenvalue weighted by Gasteiger charge is 2.18. The summed E-state index contributed by atoms with van der Waals surface area (Å²) in [5.74, 6) is 0.440. The molecular formula is C23H20N2O3. The van der Waals surface area contributed by atoms with E-state index < -0.39 is 0 Å². The Morgan fingerprint density at radius 1 is 1.04 bits per heavy atom. The van der Waals surface area contributed by atoms with Crippen molar-refractivity contribution in [1.29, 1.82) is 0 Å². The Labute approximate surface area is 162 Å². The van der Waals surface area contributed by atoms with Crippen molar-refractivity contribution in [3.05, 3.63) is 98.7 Å². The first-order chi connectivity index (χ1) is 13.4. The van der Waals surface area contributed by atoms with Gasteiger partial charge < -0.3 is 9.09 Å². The van der Waals surface area contributed by atoms with Crippen LogP contribution in [0.3, 0.4) is 0 Å². The Balaban J connectivity index is 1.88. The Bertz CT molecular complexity index is 1260. The quantitative estimate of drug-likeness (QED) is 0.504. The topological polar surface area (TPSA) is 65.1 Å². The maximum absolute atomic E-state index is 13.1. The van der Waals surface area contributed by atoms with Crippen LogP contribution in [0.15, 0.2) is 64.0 Å². The van der Waals surface area contributed by atoms with Crippen LogP contribution >= 0.6 is 0 Å². The van der Waals surface area contributed by atoms with Crippen LogP contribution in [-0.2, 0) is 6.54 Å². The molecule has 0 fully saturated rings. The average Bonchev–Trinajstić information content (AvgIpc) is 3.10. The fourth-order valence-corrected chi connectivity index (χ4v) is 3.34. The second-order valence-electron chi connectivity index (χ2n) is 7.07. The van der Waals surface area contributed by atoms with E-state index in [2.05, 4.69) is 5.16 Å². The van der Waals surface area contributed by atoms with E-state index in [0.29, 0.717) is 23.3 Å². The van der Waals surface area contributed by atoms with Gasteiger partial charge in [-0.2, -0.15) is 0 Å². The maximum Gasteiger partial charge on any atom is 0.200 e. The molecule has 0 amide bonds. The number of pyridine rings is 1. The van der Waals surface area contributed by atoms with E-state index in [1.807, 2.05) is 55.7 Å². The minimum absolute atomic E-state index is 0.155. The molecular weight excluding hydrogens is 352 g/mol. The molecule has 0 bridgehead atoms. The largest absolute Gasteiger partial charge is 0.361 e. The van der Waals surface area contributed by atoms with Crippen molar-refractivity contribution < 1.29 is 9.32 Å². The summed E-state index contributed by atoms with van der Waals surface area (Å²) < 4.78 is 7.03. The van der Waals surface area contributed by atoms with Gasteiger partial charge in [-0.3, -0.25) is 9.59 Å². The molecule has 0 radical (unpaired) electrons. The molecule has 2 heterocycles. The van der Waals surface area contributed by atoms with Crippen molar-refractivity contribution in [3.8, 4) is 0 Å². The molecule has 0 unspecified atom stereocenters. The predicted octanol–water partition coefficient (Wildman–Crippen LogP) is 4.19. The van der Waals surface area contributed by atoms with Crippen LogP contribution in [0.5, 0.6) is 0 Å². The van der Waals surface area contributed by atoms with Crippen molar-refractivity contribution in [3.63, 3.8) is 0 Å². The summed E-state index contributed by atoms with van der Waals surface area (Å²) >= 11 is 0. The molecule has 0 saturated heterocycles. The van der Waals surface area contributed by atoms with Crippen molar-refractivity contribution in [2.45, 2.75) is 27.3 Å². The number of rotatable bonds is 4. The number of fused-ring (bicyclic) bond motifs is 1. The smallest absolute Gasteiger partial charge is 0.200 e. The number of nitrogens with zero attached hydrogens (tertiary/aromatic N) is 2. The summed E-state index contributed by atoms with van der Waals surface area (Å²) in [5, 5.41) is 4.55. The number of hydrogen-bond donors (Lipinski definition) is 0. The molecule has 0 atom stereocenters. The summed E-state index contributed by atoms with van der Waals surface area (Å²) in [6.45, 7) is 6.18. The Kier molecular flexibility index (Phi) is 4.43. The lowest BCUT2D eigenvalue weighted by Gasteiger charge is -2.12. The van der Waals surface area contributed by atoms with Gasteiger partial charge in [0.25, 0.3) is 0 Å². The van der Waals surface area contributed by atoms with E-state index in [1.54, 1.807) is 24.4 Å². The van der Waals surface area contributed by atoms with E-state index in [9.17, 15) is 9.59 Å². The Hall–Kier alpha value is -3.47. The number of carbonyl (C=O) groups is 1. The van der Waals surface area contributed by atoms with Crippen LogP contribution in [0, 0.1) is 20.8 Å². The zero-order chi connectivity index (χ0) is 19.8. The lowest BCUT2D eigenvalue weighted by atomic mass is 9.99. The number of aryl methyl sites for hydroxylation is 3. The van der Waals surface area contributed by atoms with Gasteiger partial charge in [0, 0.05) is 23.2 Å². The molecule has 0 spiro atoms. The molecule has 5 heteroatoms. The molecule has 2 aromatic heterocycles. The van der Waals surface area contributed by atoms with Crippen molar-refractivity contribution >= 4 is 16.7 Å².